The zero-order chi connectivity index (χ0) is 26.0. The molecule has 0 N–H and O–H groups in total. The smallest absolute Gasteiger partial charge is 0.189 e. The minimum absolute atomic E-state index is 0.320. The van der Waals surface area contributed by atoms with Gasteiger partial charge in [-0.25, -0.2) is 8.89 Å². The van der Waals surface area contributed by atoms with E-state index in [1.54, 1.807) is 4.68 Å². The van der Waals surface area contributed by atoms with Crippen LogP contribution in [0.5, 0.6) is 5.75 Å². The van der Waals surface area contributed by atoms with Gasteiger partial charge in [-0.2, -0.15) is 0 Å². The Labute approximate surface area is 224 Å². The summed E-state index contributed by atoms with van der Waals surface area (Å²) in [6.45, 7) is 2.11. The van der Waals surface area contributed by atoms with Gasteiger partial charge >= 0.3 is 0 Å². The summed E-state index contributed by atoms with van der Waals surface area (Å²) in [4.78, 5) is 0.625. The van der Waals surface area contributed by atoms with Crippen molar-refractivity contribution >= 4 is 21.9 Å². The van der Waals surface area contributed by atoms with Crippen LogP contribution in [0.4, 0.5) is 0 Å². The van der Waals surface area contributed by atoms with Crippen molar-refractivity contribution in [3.8, 4) is 5.75 Å². The molecule has 0 amide bonds. The topological polar surface area (TPSA) is 75.5 Å². The fourth-order valence-corrected chi connectivity index (χ4v) is 4.94. The standard InChI is InChI=1S/C30H29N3O4S/c34-38(37-18-8-17-36-29-16-15-25-11-4-5-12-26(25)19-29)30-14-7-6-13-27(30)20-33-21-28(31-32-33)23-35-22-24-9-2-1-3-10-24/h1-7,9-16,19,21H,8,17-18,20,22-23H2. The number of fused-ring (bicyclic) bond motifs is 1. The molecule has 1 atom stereocenters. The summed E-state index contributed by atoms with van der Waals surface area (Å²) in [6.07, 6.45) is 2.46. The van der Waals surface area contributed by atoms with Crippen molar-refractivity contribution in [1.29, 1.82) is 0 Å². The molecule has 0 saturated carbocycles. The van der Waals surface area contributed by atoms with E-state index in [4.69, 9.17) is 13.7 Å². The largest absolute Gasteiger partial charge is 0.493 e. The third-order valence-corrected chi connectivity index (χ3v) is 7.04. The maximum atomic E-state index is 12.9. The zero-order valence-electron chi connectivity index (χ0n) is 20.9. The number of benzene rings is 4. The van der Waals surface area contributed by atoms with Gasteiger partial charge in [0.1, 0.15) is 11.4 Å². The zero-order valence-corrected chi connectivity index (χ0v) is 21.8. The van der Waals surface area contributed by atoms with Crippen molar-refractivity contribution in [3.05, 3.63) is 120 Å². The minimum Gasteiger partial charge on any atom is -0.493 e. The van der Waals surface area contributed by atoms with E-state index in [2.05, 4.69) is 22.4 Å². The Morgan fingerprint density at radius 3 is 2.47 bits per heavy atom. The van der Waals surface area contributed by atoms with Crippen molar-refractivity contribution < 1.29 is 17.9 Å². The second-order valence-electron chi connectivity index (χ2n) is 8.76. The van der Waals surface area contributed by atoms with Gasteiger partial charge in [0.2, 0.25) is 0 Å². The first kappa shape index (κ1) is 25.8. The first-order valence-electron chi connectivity index (χ1n) is 12.5. The maximum absolute atomic E-state index is 12.9. The quantitative estimate of drug-likeness (QED) is 0.183. The molecule has 0 radical (unpaired) electrons. The van der Waals surface area contributed by atoms with E-state index < -0.39 is 11.1 Å². The Morgan fingerprint density at radius 2 is 1.58 bits per heavy atom. The fourth-order valence-electron chi connectivity index (χ4n) is 4.01. The van der Waals surface area contributed by atoms with Gasteiger partial charge in [-0.3, -0.25) is 4.18 Å². The van der Waals surface area contributed by atoms with Crippen LogP contribution in [0.2, 0.25) is 0 Å². The average molecular weight is 528 g/mol. The molecule has 0 fully saturated rings. The highest BCUT2D eigenvalue weighted by Crippen LogP contribution is 2.21. The molecule has 1 aromatic heterocycles. The highest BCUT2D eigenvalue weighted by atomic mass is 32.2. The van der Waals surface area contributed by atoms with Gasteiger partial charge in [0.05, 0.1) is 44.1 Å². The van der Waals surface area contributed by atoms with Crippen LogP contribution in [-0.4, -0.2) is 32.4 Å². The lowest BCUT2D eigenvalue weighted by Crippen LogP contribution is -2.09. The summed E-state index contributed by atoms with van der Waals surface area (Å²) < 4.78 is 31.9. The van der Waals surface area contributed by atoms with Gasteiger partial charge in [0.15, 0.2) is 11.1 Å². The van der Waals surface area contributed by atoms with E-state index in [1.165, 1.54) is 5.39 Å². The van der Waals surface area contributed by atoms with Crippen LogP contribution >= 0.6 is 0 Å². The van der Waals surface area contributed by atoms with Crippen LogP contribution in [0.1, 0.15) is 23.2 Å². The third-order valence-electron chi connectivity index (χ3n) is 5.90. The molecule has 5 aromatic rings. The van der Waals surface area contributed by atoms with Gasteiger partial charge in [-0.1, -0.05) is 84.1 Å². The van der Waals surface area contributed by atoms with Crippen molar-refractivity contribution in [1.82, 2.24) is 15.0 Å². The van der Waals surface area contributed by atoms with Gasteiger partial charge in [-0.05, 0) is 40.1 Å². The van der Waals surface area contributed by atoms with E-state index in [0.717, 1.165) is 28.0 Å². The van der Waals surface area contributed by atoms with Gasteiger partial charge in [0.25, 0.3) is 0 Å². The van der Waals surface area contributed by atoms with E-state index >= 15 is 0 Å². The SMILES string of the molecule is O=S(OCCCOc1ccc2ccccc2c1)c1ccccc1Cn1cc(COCc2ccccc2)nn1. The molecule has 7 nitrogen and oxygen atoms in total. The van der Waals surface area contributed by atoms with E-state index in [-0.39, 0.29) is 0 Å². The summed E-state index contributed by atoms with van der Waals surface area (Å²) in [5, 5.41) is 10.7. The Hall–Kier alpha value is -3.85. The van der Waals surface area contributed by atoms with E-state index in [0.29, 0.717) is 44.3 Å². The average Bonchev–Trinajstić information content (AvgIpc) is 3.40. The predicted octanol–water partition coefficient (Wildman–Crippen LogP) is 5.70. The predicted molar refractivity (Wildman–Crippen MR) is 147 cm³/mol. The van der Waals surface area contributed by atoms with Crippen LogP contribution in [-0.2, 0) is 39.8 Å². The Morgan fingerprint density at radius 1 is 0.789 bits per heavy atom. The minimum atomic E-state index is -1.60. The molecular weight excluding hydrogens is 498 g/mol. The molecule has 1 heterocycles. The molecule has 5 rings (SSSR count). The molecule has 1 unspecified atom stereocenters. The number of hydrogen-bond donors (Lipinski definition) is 0. The molecule has 0 bridgehead atoms. The third kappa shape index (κ3) is 7.13. The van der Waals surface area contributed by atoms with Crippen LogP contribution in [0, 0.1) is 0 Å². The van der Waals surface area contributed by atoms with Gasteiger partial charge in [0, 0.05) is 6.42 Å². The molecular formula is C30H29N3O4S. The summed E-state index contributed by atoms with van der Waals surface area (Å²) >= 11 is -1.60. The number of ether oxygens (including phenoxy) is 2. The Kier molecular flexibility index (Phi) is 8.89. The van der Waals surface area contributed by atoms with Crippen LogP contribution < -0.4 is 4.74 Å². The second-order valence-corrected chi connectivity index (χ2v) is 9.91. The molecule has 0 aliphatic carbocycles. The Bertz CT molecular complexity index is 1490. The van der Waals surface area contributed by atoms with Crippen LogP contribution in [0.3, 0.4) is 0 Å². The monoisotopic (exact) mass is 527 g/mol. The lowest BCUT2D eigenvalue weighted by atomic mass is 10.1. The van der Waals surface area contributed by atoms with Crippen molar-refractivity contribution in [3.63, 3.8) is 0 Å². The van der Waals surface area contributed by atoms with Crippen LogP contribution in [0.15, 0.2) is 108 Å². The van der Waals surface area contributed by atoms with E-state index in [1.807, 2.05) is 91.1 Å². The normalized spacial score (nSPS) is 12.0. The first-order chi connectivity index (χ1) is 18.7. The summed E-state index contributed by atoms with van der Waals surface area (Å²) in [5.74, 6) is 0.813. The highest BCUT2D eigenvalue weighted by molar-refractivity contribution is 7.80. The molecule has 194 valence electrons. The van der Waals surface area contributed by atoms with Crippen molar-refractivity contribution in [2.45, 2.75) is 31.1 Å². The molecule has 8 heteroatoms. The Balaban J connectivity index is 1.08. The molecule has 0 aliphatic heterocycles. The first-order valence-corrected chi connectivity index (χ1v) is 13.6. The second kappa shape index (κ2) is 13.1. The lowest BCUT2D eigenvalue weighted by Gasteiger charge is -2.10. The van der Waals surface area contributed by atoms with Crippen molar-refractivity contribution in [2.24, 2.45) is 0 Å². The van der Waals surface area contributed by atoms with Crippen LogP contribution in [0.25, 0.3) is 10.8 Å². The number of rotatable bonds is 13. The number of nitrogens with zero attached hydrogens (tertiary/aromatic N) is 3. The maximum Gasteiger partial charge on any atom is 0.189 e. The number of aromatic nitrogens is 3. The van der Waals surface area contributed by atoms with E-state index in [9.17, 15) is 4.21 Å². The molecule has 0 aliphatic rings. The molecule has 4 aromatic carbocycles. The van der Waals surface area contributed by atoms with Crippen molar-refractivity contribution in [2.75, 3.05) is 13.2 Å². The number of hydrogen-bond acceptors (Lipinski definition) is 6. The van der Waals surface area contributed by atoms with Gasteiger partial charge in [-0.15, -0.1) is 5.10 Å². The summed E-state index contributed by atoms with van der Waals surface area (Å²) in [7, 11) is 0. The molecule has 38 heavy (non-hydrogen) atoms. The summed E-state index contributed by atoms with van der Waals surface area (Å²) in [6, 6.07) is 31.7. The van der Waals surface area contributed by atoms with Gasteiger partial charge < -0.3 is 9.47 Å². The highest BCUT2D eigenvalue weighted by Gasteiger charge is 2.12. The lowest BCUT2D eigenvalue weighted by molar-refractivity contribution is 0.104. The molecule has 0 spiro atoms. The fraction of sp³-hybridized carbons (Fsp3) is 0.200. The summed E-state index contributed by atoms with van der Waals surface area (Å²) in [5.41, 5.74) is 2.71. The molecule has 0 saturated heterocycles.